The summed E-state index contributed by atoms with van der Waals surface area (Å²) in [6, 6.07) is 24.2. The number of non-ortho nitro benzene ring substituents is 1. The average molecular weight is 438 g/mol. The average Bonchev–Trinajstić information content (AvgIpc) is 2.86. The Morgan fingerprint density at radius 3 is 1.82 bits per heavy atom. The Labute approximate surface area is 189 Å². The third-order valence-corrected chi connectivity index (χ3v) is 5.15. The van der Waals surface area contributed by atoms with E-state index < -0.39 is 34.5 Å². The van der Waals surface area contributed by atoms with Gasteiger partial charge in [0.05, 0.1) is 17.1 Å². The first kappa shape index (κ1) is 22.9. The number of hydrogen-bond donors (Lipinski definition) is 1. The van der Waals surface area contributed by atoms with Crippen LogP contribution in [0.3, 0.4) is 0 Å². The zero-order valence-corrected chi connectivity index (χ0v) is 17.3. The second kappa shape index (κ2) is 10.5. The van der Waals surface area contributed by atoms with E-state index >= 15 is 0 Å². The molecular weight excluding hydrogens is 420 g/mol. The molecule has 0 saturated carbocycles. The standard InChI is InChI=1S/C25H18N4O4/c26-15-20(16-27)22(17-11-13-21(14-12-17)29(32)33)23(24(30)18-7-3-1-4-8-18)28-25(31)19-9-5-2-6-10-19/h1-14,20,22-23H,(H,28,31). The van der Waals surface area contributed by atoms with Crippen molar-refractivity contribution in [1.29, 1.82) is 10.5 Å². The molecule has 3 aromatic carbocycles. The number of nitriles is 2. The molecule has 0 aliphatic rings. The minimum atomic E-state index is -1.31. The summed E-state index contributed by atoms with van der Waals surface area (Å²) < 4.78 is 0. The van der Waals surface area contributed by atoms with Gasteiger partial charge >= 0.3 is 0 Å². The number of benzene rings is 3. The highest BCUT2D eigenvalue weighted by atomic mass is 16.6. The summed E-state index contributed by atoms with van der Waals surface area (Å²) in [6.07, 6.45) is 0. The Balaban J connectivity index is 2.11. The van der Waals surface area contributed by atoms with E-state index in [1.807, 2.05) is 12.1 Å². The summed E-state index contributed by atoms with van der Waals surface area (Å²) in [5.41, 5.74) is 0.757. The molecule has 0 aliphatic carbocycles. The zero-order chi connectivity index (χ0) is 23.8. The van der Waals surface area contributed by atoms with Gasteiger partial charge in [0.1, 0.15) is 12.0 Å². The summed E-state index contributed by atoms with van der Waals surface area (Å²) in [6.45, 7) is 0. The van der Waals surface area contributed by atoms with Crippen molar-refractivity contribution < 1.29 is 14.5 Å². The summed E-state index contributed by atoms with van der Waals surface area (Å²) in [5, 5.41) is 33.0. The van der Waals surface area contributed by atoms with E-state index in [4.69, 9.17) is 0 Å². The van der Waals surface area contributed by atoms with E-state index in [0.717, 1.165) is 0 Å². The number of carbonyl (C=O) groups excluding carboxylic acids is 2. The van der Waals surface area contributed by atoms with Crippen LogP contribution in [0.4, 0.5) is 5.69 Å². The molecule has 0 radical (unpaired) electrons. The van der Waals surface area contributed by atoms with E-state index in [0.29, 0.717) is 11.1 Å². The molecule has 0 aromatic heterocycles. The number of nitro groups is 1. The van der Waals surface area contributed by atoms with Crippen LogP contribution in [-0.2, 0) is 0 Å². The lowest BCUT2D eigenvalue weighted by atomic mass is 9.78. The van der Waals surface area contributed by atoms with Crippen LogP contribution in [0.25, 0.3) is 0 Å². The smallest absolute Gasteiger partial charge is 0.269 e. The highest BCUT2D eigenvalue weighted by Gasteiger charge is 2.38. The number of rotatable bonds is 8. The van der Waals surface area contributed by atoms with Crippen LogP contribution in [0.15, 0.2) is 84.9 Å². The maximum Gasteiger partial charge on any atom is 0.269 e. The maximum atomic E-state index is 13.5. The third-order valence-electron chi connectivity index (χ3n) is 5.15. The quantitative estimate of drug-likeness (QED) is 0.320. The molecule has 0 bridgehead atoms. The van der Waals surface area contributed by atoms with Gasteiger partial charge in [-0.15, -0.1) is 0 Å². The molecule has 3 aromatic rings. The van der Waals surface area contributed by atoms with Crippen LogP contribution < -0.4 is 5.32 Å². The fourth-order valence-electron chi connectivity index (χ4n) is 3.50. The van der Waals surface area contributed by atoms with Gasteiger partial charge in [-0.1, -0.05) is 60.7 Å². The number of nitrogens with zero attached hydrogens (tertiary/aromatic N) is 3. The van der Waals surface area contributed by atoms with Crippen molar-refractivity contribution in [1.82, 2.24) is 5.32 Å². The zero-order valence-electron chi connectivity index (χ0n) is 17.3. The molecule has 162 valence electrons. The van der Waals surface area contributed by atoms with Gasteiger partial charge < -0.3 is 5.32 Å². The molecule has 8 nitrogen and oxygen atoms in total. The van der Waals surface area contributed by atoms with Crippen LogP contribution in [0.5, 0.6) is 0 Å². The van der Waals surface area contributed by atoms with Crippen LogP contribution in [0, 0.1) is 38.7 Å². The van der Waals surface area contributed by atoms with Gasteiger partial charge in [-0.2, -0.15) is 10.5 Å². The number of ketones is 1. The van der Waals surface area contributed by atoms with E-state index in [1.165, 1.54) is 24.3 Å². The van der Waals surface area contributed by atoms with Gasteiger partial charge in [0.15, 0.2) is 5.78 Å². The first-order valence-electron chi connectivity index (χ1n) is 9.95. The number of hydrogen-bond acceptors (Lipinski definition) is 6. The molecule has 3 rings (SSSR count). The van der Waals surface area contributed by atoms with Crippen molar-refractivity contribution in [3.8, 4) is 12.1 Å². The van der Waals surface area contributed by atoms with Gasteiger partial charge in [-0.3, -0.25) is 19.7 Å². The highest BCUT2D eigenvalue weighted by molar-refractivity contribution is 6.05. The van der Waals surface area contributed by atoms with Gasteiger partial charge in [0, 0.05) is 29.2 Å². The SMILES string of the molecule is N#CC(C#N)C(c1ccc([N+](=O)[O-])cc1)C(NC(=O)c1ccccc1)C(=O)c1ccccc1. The minimum absolute atomic E-state index is 0.178. The van der Waals surface area contributed by atoms with E-state index in [9.17, 15) is 30.2 Å². The van der Waals surface area contributed by atoms with E-state index in [1.54, 1.807) is 60.7 Å². The monoisotopic (exact) mass is 438 g/mol. The molecule has 33 heavy (non-hydrogen) atoms. The van der Waals surface area contributed by atoms with Gasteiger partial charge in [0.25, 0.3) is 11.6 Å². The number of Topliss-reactive ketones (excluding diaryl/α,β-unsaturated/α-hetero) is 1. The molecule has 0 fully saturated rings. The Hall–Kier alpha value is -4.82. The van der Waals surface area contributed by atoms with Crippen molar-refractivity contribution in [3.05, 3.63) is 112 Å². The predicted molar refractivity (Wildman–Crippen MR) is 119 cm³/mol. The highest BCUT2D eigenvalue weighted by Crippen LogP contribution is 2.31. The second-order valence-electron chi connectivity index (χ2n) is 7.16. The largest absolute Gasteiger partial charge is 0.341 e. The normalized spacial score (nSPS) is 12.1. The molecule has 1 amide bonds. The number of carbonyl (C=O) groups is 2. The van der Waals surface area contributed by atoms with Crippen LogP contribution in [-0.4, -0.2) is 22.7 Å². The molecule has 0 aliphatic heterocycles. The van der Waals surface area contributed by atoms with Crippen LogP contribution >= 0.6 is 0 Å². The van der Waals surface area contributed by atoms with E-state index in [2.05, 4.69) is 5.32 Å². The Morgan fingerprint density at radius 2 is 1.33 bits per heavy atom. The van der Waals surface area contributed by atoms with Crippen molar-refractivity contribution in [2.24, 2.45) is 5.92 Å². The number of nitro benzene ring substituents is 1. The summed E-state index contributed by atoms with van der Waals surface area (Å²) in [4.78, 5) is 36.9. The molecule has 0 saturated heterocycles. The summed E-state index contributed by atoms with van der Waals surface area (Å²) >= 11 is 0. The minimum Gasteiger partial charge on any atom is -0.341 e. The Kier molecular flexibility index (Phi) is 7.25. The topological polar surface area (TPSA) is 137 Å². The molecule has 2 atom stereocenters. The molecule has 1 N–H and O–H groups in total. The van der Waals surface area contributed by atoms with Gasteiger partial charge in [0.2, 0.25) is 0 Å². The Bertz CT molecular complexity index is 1220. The summed E-state index contributed by atoms with van der Waals surface area (Å²) in [5.74, 6) is -3.41. The second-order valence-corrected chi connectivity index (χ2v) is 7.16. The van der Waals surface area contributed by atoms with Crippen molar-refractivity contribution in [2.45, 2.75) is 12.0 Å². The fraction of sp³-hybridized carbons (Fsp3) is 0.120. The molecule has 2 unspecified atom stereocenters. The van der Waals surface area contributed by atoms with Gasteiger partial charge in [-0.05, 0) is 17.7 Å². The number of nitrogens with one attached hydrogen (secondary N) is 1. The molecule has 8 heteroatoms. The predicted octanol–water partition coefficient (Wildman–Crippen LogP) is 4.02. The van der Waals surface area contributed by atoms with Crippen molar-refractivity contribution in [3.63, 3.8) is 0 Å². The number of amides is 1. The molecule has 0 spiro atoms. The lowest BCUT2D eigenvalue weighted by Crippen LogP contribution is -2.47. The van der Waals surface area contributed by atoms with Crippen LogP contribution in [0.1, 0.15) is 32.2 Å². The van der Waals surface area contributed by atoms with Crippen molar-refractivity contribution in [2.75, 3.05) is 0 Å². The van der Waals surface area contributed by atoms with Gasteiger partial charge in [-0.25, -0.2) is 0 Å². The first-order chi connectivity index (χ1) is 16.0. The van der Waals surface area contributed by atoms with Crippen LogP contribution in [0.2, 0.25) is 0 Å². The molecule has 0 heterocycles. The summed E-state index contributed by atoms with van der Waals surface area (Å²) in [7, 11) is 0. The van der Waals surface area contributed by atoms with E-state index in [-0.39, 0.29) is 11.3 Å². The molecular formula is C25H18N4O4. The lowest BCUT2D eigenvalue weighted by Gasteiger charge is -2.28. The Morgan fingerprint density at radius 1 is 0.818 bits per heavy atom. The maximum absolute atomic E-state index is 13.5. The first-order valence-corrected chi connectivity index (χ1v) is 9.95. The third kappa shape index (κ3) is 5.27. The lowest BCUT2D eigenvalue weighted by molar-refractivity contribution is -0.384. The fourth-order valence-corrected chi connectivity index (χ4v) is 3.50. The van der Waals surface area contributed by atoms with Crippen molar-refractivity contribution >= 4 is 17.4 Å².